The number of ether oxygens (including phenoxy) is 2. The molecule has 3 aromatic carbocycles. The summed E-state index contributed by atoms with van der Waals surface area (Å²) in [7, 11) is 3.22. The van der Waals surface area contributed by atoms with E-state index in [4.69, 9.17) is 26.2 Å². The summed E-state index contributed by atoms with van der Waals surface area (Å²) in [5.74, 6) is 1.75. The van der Waals surface area contributed by atoms with E-state index < -0.39 is 0 Å². The van der Waals surface area contributed by atoms with Gasteiger partial charge in [0.2, 0.25) is 5.84 Å². The summed E-state index contributed by atoms with van der Waals surface area (Å²) in [6, 6.07) is 23.2. The molecule has 0 aliphatic carbocycles. The molecule has 0 aromatic heterocycles. The number of rotatable bonds is 6. The van der Waals surface area contributed by atoms with E-state index in [1.807, 2.05) is 41.4 Å². The Bertz CT molecular complexity index is 1110. The first-order valence-corrected chi connectivity index (χ1v) is 11.1. The third-order valence-corrected chi connectivity index (χ3v) is 5.59. The van der Waals surface area contributed by atoms with Crippen LogP contribution in [0, 0.1) is 0 Å². The summed E-state index contributed by atoms with van der Waals surface area (Å²) in [6.07, 6.45) is 0. The summed E-state index contributed by atoms with van der Waals surface area (Å²) in [6.45, 7) is 3.31. The number of halogens is 1. The molecule has 0 amide bonds. The molecule has 0 radical (unpaired) electrons. The van der Waals surface area contributed by atoms with E-state index in [2.05, 4.69) is 39.4 Å². The highest BCUT2D eigenvalue weighted by atomic mass is 35.5. The zero-order chi connectivity index (χ0) is 23.0. The summed E-state index contributed by atoms with van der Waals surface area (Å²) in [5, 5.41) is 16.4. The van der Waals surface area contributed by atoms with E-state index in [0.29, 0.717) is 28.0 Å². The molecular weight excluding hydrogens is 438 g/mol. The smallest absolute Gasteiger partial charge is 0.201 e. The van der Waals surface area contributed by atoms with E-state index in [-0.39, 0.29) is 0 Å². The molecule has 0 atom stereocenters. The van der Waals surface area contributed by atoms with Gasteiger partial charge >= 0.3 is 0 Å². The Labute approximate surface area is 198 Å². The van der Waals surface area contributed by atoms with Gasteiger partial charge in [-0.2, -0.15) is 5.10 Å². The molecule has 8 heteroatoms. The molecule has 0 spiro atoms. The standard InChI is InChI=1S/C25H26ClN5O2/c1-32-23-13-8-19(18-24(23)33-2)25(28-27-21-11-9-20(26)10-12-21)29-31-16-14-30(15-17-31)22-6-4-3-5-7-22/h3-13,18H,14-17H2,1-2H3/b28-27?,29-25-. The van der Waals surface area contributed by atoms with E-state index >= 15 is 0 Å². The van der Waals surface area contributed by atoms with Gasteiger partial charge in [0.05, 0.1) is 33.0 Å². The summed E-state index contributed by atoms with van der Waals surface area (Å²) < 4.78 is 10.8. The first-order valence-electron chi connectivity index (χ1n) is 10.7. The van der Waals surface area contributed by atoms with Crippen molar-refractivity contribution in [3.63, 3.8) is 0 Å². The van der Waals surface area contributed by atoms with Crippen molar-refractivity contribution in [2.24, 2.45) is 15.3 Å². The van der Waals surface area contributed by atoms with Crippen molar-refractivity contribution in [3.8, 4) is 11.5 Å². The predicted molar refractivity (Wildman–Crippen MR) is 132 cm³/mol. The molecule has 170 valence electrons. The van der Waals surface area contributed by atoms with Gasteiger partial charge in [0, 0.05) is 29.4 Å². The third kappa shape index (κ3) is 5.81. The number of nitrogens with zero attached hydrogens (tertiary/aromatic N) is 5. The molecule has 3 aromatic rings. The summed E-state index contributed by atoms with van der Waals surface area (Å²) >= 11 is 5.98. The summed E-state index contributed by atoms with van der Waals surface area (Å²) in [5.41, 5.74) is 2.71. The molecule has 1 saturated heterocycles. The average molecular weight is 464 g/mol. The van der Waals surface area contributed by atoms with Crippen LogP contribution < -0.4 is 14.4 Å². The molecule has 1 heterocycles. The molecular formula is C25H26ClN5O2. The fraction of sp³-hybridized carbons (Fsp3) is 0.240. The van der Waals surface area contributed by atoms with Crippen molar-refractivity contribution in [1.29, 1.82) is 0 Å². The van der Waals surface area contributed by atoms with Crippen molar-refractivity contribution in [1.82, 2.24) is 5.01 Å². The fourth-order valence-corrected chi connectivity index (χ4v) is 3.68. The molecule has 0 bridgehead atoms. The van der Waals surface area contributed by atoms with Crippen LogP contribution in [-0.4, -0.2) is 51.2 Å². The lowest BCUT2D eigenvalue weighted by molar-refractivity contribution is 0.270. The number of para-hydroxylation sites is 1. The van der Waals surface area contributed by atoms with Gasteiger partial charge in [0.25, 0.3) is 0 Å². The van der Waals surface area contributed by atoms with Crippen molar-refractivity contribution in [2.45, 2.75) is 0 Å². The third-order valence-electron chi connectivity index (χ3n) is 5.34. The molecule has 0 N–H and O–H groups in total. The highest BCUT2D eigenvalue weighted by Gasteiger charge is 2.18. The number of methoxy groups -OCH3 is 2. The van der Waals surface area contributed by atoms with E-state index in [0.717, 1.165) is 31.7 Å². The predicted octanol–water partition coefficient (Wildman–Crippen LogP) is 5.62. The number of hydrazone groups is 1. The number of piperazine rings is 1. The minimum atomic E-state index is 0.499. The Hall–Kier alpha value is -3.58. The quantitative estimate of drug-likeness (QED) is 0.270. The van der Waals surface area contributed by atoms with Crippen LogP contribution in [0.1, 0.15) is 5.56 Å². The second-order valence-corrected chi connectivity index (χ2v) is 7.88. The molecule has 1 aliphatic rings. The van der Waals surface area contributed by atoms with Gasteiger partial charge in [-0.1, -0.05) is 29.8 Å². The highest BCUT2D eigenvalue weighted by Crippen LogP contribution is 2.28. The van der Waals surface area contributed by atoms with Crippen molar-refractivity contribution < 1.29 is 9.47 Å². The Morgan fingerprint density at radius 1 is 0.818 bits per heavy atom. The summed E-state index contributed by atoms with van der Waals surface area (Å²) in [4.78, 5) is 2.36. The minimum Gasteiger partial charge on any atom is -0.493 e. The maximum absolute atomic E-state index is 5.98. The highest BCUT2D eigenvalue weighted by molar-refractivity contribution is 6.30. The van der Waals surface area contributed by atoms with Gasteiger partial charge in [-0.3, -0.25) is 5.01 Å². The van der Waals surface area contributed by atoms with Crippen LogP contribution in [0.2, 0.25) is 5.02 Å². The number of hydrogen-bond acceptors (Lipinski definition) is 6. The van der Waals surface area contributed by atoms with Gasteiger partial charge in [-0.05, 0) is 54.6 Å². The molecule has 1 aliphatic heterocycles. The van der Waals surface area contributed by atoms with Gasteiger partial charge < -0.3 is 14.4 Å². The maximum atomic E-state index is 5.98. The average Bonchev–Trinajstić information content (AvgIpc) is 2.88. The Morgan fingerprint density at radius 3 is 2.18 bits per heavy atom. The number of benzene rings is 3. The number of hydrogen-bond donors (Lipinski definition) is 0. The molecule has 7 nitrogen and oxygen atoms in total. The van der Waals surface area contributed by atoms with Crippen LogP contribution in [0.3, 0.4) is 0 Å². The lowest BCUT2D eigenvalue weighted by atomic mass is 10.2. The lowest BCUT2D eigenvalue weighted by Crippen LogP contribution is -2.44. The number of amidine groups is 1. The van der Waals surface area contributed by atoms with Crippen LogP contribution in [-0.2, 0) is 0 Å². The van der Waals surface area contributed by atoms with Gasteiger partial charge in [-0.15, -0.1) is 10.2 Å². The molecule has 0 saturated carbocycles. The van der Waals surface area contributed by atoms with E-state index in [1.165, 1.54) is 5.69 Å². The largest absolute Gasteiger partial charge is 0.493 e. The SMILES string of the molecule is COc1ccc(/C(N=Nc2ccc(Cl)cc2)=N/N2CCN(c3ccccc3)CC2)cc1OC. The first kappa shape index (κ1) is 22.6. The second kappa shape index (κ2) is 10.8. The fourth-order valence-electron chi connectivity index (χ4n) is 3.55. The molecule has 33 heavy (non-hydrogen) atoms. The lowest BCUT2D eigenvalue weighted by Gasteiger charge is -2.34. The number of azo groups is 1. The first-order chi connectivity index (χ1) is 16.2. The van der Waals surface area contributed by atoms with Crippen LogP contribution in [0.5, 0.6) is 11.5 Å². The topological polar surface area (TPSA) is 62.0 Å². The van der Waals surface area contributed by atoms with Gasteiger partial charge in [0.1, 0.15) is 0 Å². The van der Waals surface area contributed by atoms with E-state index in [1.54, 1.807) is 26.4 Å². The minimum absolute atomic E-state index is 0.499. The van der Waals surface area contributed by atoms with Crippen LogP contribution >= 0.6 is 11.6 Å². The molecule has 4 rings (SSSR count). The van der Waals surface area contributed by atoms with Crippen molar-refractivity contribution in [3.05, 3.63) is 83.4 Å². The number of anilines is 1. The van der Waals surface area contributed by atoms with Crippen molar-refractivity contribution in [2.75, 3.05) is 45.3 Å². The zero-order valence-electron chi connectivity index (χ0n) is 18.7. The van der Waals surface area contributed by atoms with Gasteiger partial charge in [-0.25, -0.2) is 0 Å². The molecule has 1 fully saturated rings. The van der Waals surface area contributed by atoms with E-state index in [9.17, 15) is 0 Å². The monoisotopic (exact) mass is 463 g/mol. The van der Waals surface area contributed by atoms with Crippen LogP contribution in [0.15, 0.2) is 88.1 Å². The zero-order valence-corrected chi connectivity index (χ0v) is 19.4. The van der Waals surface area contributed by atoms with Crippen molar-refractivity contribution >= 4 is 28.8 Å². The Morgan fingerprint density at radius 2 is 1.52 bits per heavy atom. The molecule has 0 unspecified atom stereocenters. The maximum Gasteiger partial charge on any atom is 0.201 e. The second-order valence-electron chi connectivity index (χ2n) is 7.45. The van der Waals surface area contributed by atoms with Crippen LogP contribution in [0.4, 0.5) is 11.4 Å². The normalized spacial score (nSPS) is 14.6. The Kier molecular flexibility index (Phi) is 7.42. The Balaban J connectivity index is 1.58. The van der Waals surface area contributed by atoms with Gasteiger partial charge in [0.15, 0.2) is 11.5 Å². The van der Waals surface area contributed by atoms with Crippen LogP contribution in [0.25, 0.3) is 0 Å².